The fraction of sp³-hybridized carbons (Fsp3) is 0.113. The van der Waals surface area contributed by atoms with Gasteiger partial charge in [0.1, 0.15) is 29.5 Å². The molecule has 4 heterocycles. The van der Waals surface area contributed by atoms with Gasteiger partial charge in [-0.05, 0) is 86.0 Å². The van der Waals surface area contributed by atoms with Crippen molar-refractivity contribution in [2.75, 3.05) is 0 Å². The number of allylic oxidation sites excluding steroid dienone is 16. The van der Waals surface area contributed by atoms with Crippen LogP contribution in [0.4, 0.5) is 0 Å². The molecule has 0 saturated carbocycles. The lowest BCUT2D eigenvalue weighted by atomic mass is 9.74. The van der Waals surface area contributed by atoms with Crippen LogP contribution in [0.3, 0.4) is 0 Å². The molecule has 11 heteroatoms. The third-order valence-corrected chi connectivity index (χ3v) is 11.5. The highest BCUT2D eigenvalue weighted by Crippen LogP contribution is 2.29. The molecule has 0 unspecified atom stereocenters. The largest absolute Gasteiger partial charge is 0.456 e. The molecular weight excluding hydrogens is 801 g/mol. The number of oxazole rings is 1. The summed E-state index contributed by atoms with van der Waals surface area (Å²) in [6.45, 7) is 37.3. The molecule has 4 aromatic heterocycles. The van der Waals surface area contributed by atoms with Gasteiger partial charge in [-0.2, -0.15) is 0 Å². The SMILES string of the molecule is Bc1nc(/C=C(\C=C)n2c(C)c(/C=C\C=C)c(/C=C(C=C)/C(C=C)=C/C(=C\BC)c3nc(=C/C(=C)c4nc(C(/C=C\C=C)=C/C)nc(-c5ccccc5)n4)/c(=C\C)s3)c2BC)c(C)o1. The summed E-state index contributed by atoms with van der Waals surface area (Å²) >= 11 is 1.61. The Morgan fingerprint density at radius 2 is 1.55 bits per heavy atom. The van der Waals surface area contributed by atoms with Crippen LogP contribution in [0.1, 0.15) is 58.8 Å². The maximum atomic E-state index is 5.76. The van der Waals surface area contributed by atoms with Gasteiger partial charge in [-0.3, -0.25) is 0 Å². The van der Waals surface area contributed by atoms with Gasteiger partial charge in [0.15, 0.2) is 24.8 Å². The highest BCUT2D eigenvalue weighted by Gasteiger charge is 2.20. The number of rotatable bonds is 19. The predicted octanol–water partition coefficient (Wildman–Crippen LogP) is 8.80. The first-order valence-electron chi connectivity index (χ1n) is 21.3. The molecule has 5 aromatic rings. The van der Waals surface area contributed by atoms with Gasteiger partial charge >= 0.3 is 0 Å². The zero-order valence-electron chi connectivity index (χ0n) is 38.3. The summed E-state index contributed by atoms with van der Waals surface area (Å²) in [6, 6.07) is 9.87. The van der Waals surface area contributed by atoms with Crippen LogP contribution >= 0.6 is 11.3 Å². The lowest BCUT2D eigenvalue weighted by Crippen LogP contribution is -2.24. The van der Waals surface area contributed by atoms with E-state index >= 15 is 0 Å². The summed E-state index contributed by atoms with van der Waals surface area (Å²) in [7, 11) is 3.39. The van der Waals surface area contributed by atoms with E-state index in [0.717, 1.165) is 96.9 Å². The number of aryl methyl sites for hydroxylation is 1. The molecule has 0 fully saturated rings. The highest BCUT2D eigenvalue weighted by molar-refractivity contribution is 7.10. The van der Waals surface area contributed by atoms with Gasteiger partial charge in [0.25, 0.3) is 0 Å². The highest BCUT2D eigenvalue weighted by atomic mass is 32.1. The molecule has 0 spiro atoms. The number of thiazole rings is 1. The van der Waals surface area contributed by atoms with Crippen LogP contribution in [-0.4, -0.2) is 51.9 Å². The Morgan fingerprint density at radius 3 is 2.14 bits per heavy atom. The molecule has 0 aliphatic rings. The van der Waals surface area contributed by atoms with Gasteiger partial charge in [-0.1, -0.05) is 144 Å². The summed E-state index contributed by atoms with van der Waals surface area (Å²) < 4.78 is 9.00. The molecule has 0 aliphatic heterocycles. The lowest BCUT2D eigenvalue weighted by Gasteiger charge is -2.13. The van der Waals surface area contributed by atoms with E-state index in [4.69, 9.17) is 24.4 Å². The van der Waals surface area contributed by atoms with Crippen LogP contribution in [-0.2, 0) is 0 Å². The van der Waals surface area contributed by atoms with Crippen LogP contribution in [0.15, 0.2) is 152 Å². The molecule has 1 aromatic carbocycles. The molecule has 0 aliphatic carbocycles. The third-order valence-electron chi connectivity index (χ3n) is 10.3. The second kappa shape index (κ2) is 22.8. The Bertz CT molecular complexity index is 2960. The van der Waals surface area contributed by atoms with Gasteiger partial charge < -0.3 is 8.98 Å². The average Bonchev–Trinajstić information content (AvgIpc) is 3.95. The summed E-state index contributed by atoms with van der Waals surface area (Å²) in [4.78, 5) is 24.4. The summed E-state index contributed by atoms with van der Waals surface area (Å²) in [5.41, 5.74) is 11.1. The molecule has 0 radical (unpaired) electrons. The van der Waals surface area contributed by atoms with Gasteiger partial charge in [-0.15, -0.1) is 17.3 Å². The first-order chi connectivity index (χ1) is 31.0. The zero-order valence-corrected chi connectivity index (χ0v) is 39.1. The number of benzene rings is 1. The normalized spacial score (nSPS) is 13.5. The molecule has 7 nitrogen and oxygen atoms in total. The Balaban J connectivity index is 1.64. The predicted molar refractivity (Wildman–Crippen MR) is 286 cm³/mol. The molecular formula is C53H55B3N6OS. The van der Waals surface area contributed by atoms with E-state index in [2.05, 4.69) is 99.9 Å². The monoisotopic (exact) mass is 856 g/mol. The van der Waals surface area contributed by atoms with Crippen molar-refractivity contribution in [2.45, 2.75) is 41.3 Å². The Morgan fingerprint density at radius 1 is 0.828 bits per heavy atom. The quantitative estimate of drug-likeness (QED) is 0.0611. The maximum absolute atomic E-state index is 5.76. The minimum absolute atomic E-state index is 0.461. The number of aromatic nitrogens is 6. The van der Waals surface area contributed by atoms with E-state index in [-0.39, 0.29) is 0 Å². The standard InChI is InChI=1S/C53H55B3N6OS/c1-13-20-25-37(15-3)50-59-49(60-51(61-50)40-26-23-22-24-27-40)34(8)29-46-47(19-7)64-52(57-46)41(33-55-11)30-38(16-4)39(17-5)31-44-43(28-21-14-2)35(9)62(48(44)56-12)42(18-6)32-45-36(10)63-53(54)58-45/h13-33,55-56H,1-2,4-6,8,54H2,3,7,9-12H3/b25-20-,28-21-,37-15+,38-30+,39-31+,41-33+,42-32+,46-29+,47-19+. The second-order valence-corrected chi connectivity index (χ2v) is 15.5. The molecule has 0 saturated heterocycles. The van der Waals surface area contributed by atoms with E-state index < -0.39 is 0 Å². The second-order valence-electron chi connectivity index (χ2n) is 14.5. The van der Waals surface area contributed by atoms with Crippen molar-refractivity contribution in [1.82, 2.24) is 29.5 Å². The minimum atomic E-state index is 0.461. The molecule has 0 amide bonds. The van der Waals surface area contributed by atoms with Crippen LogP contribution in [0.5, 0.6) is 0 Å². The molecule has 0 atom stereocenters. The van der Waals surface area contributed by atoms with Crippen molar-refractivity contribution < 1.29 is 4.42 Å². The van der Waals surface area contributed by atoms with Crippen LogP contribution in [0.25, 0.3) is 64.2 Å². The molecule has 0 N–H and O–H groups in total. The van der Waals surface area contributed by atoms with Crippen molar-refractivity contribution in [3.8, 4) is 11.4 Å². The average molecular weight is 857 g/mol. The van der Waals surface area contributed by atoms with Gasteiger partial charge in [-0.25, -0.2) is 24.9 Å². The van der Waals surface area contributed by atoms with E-state index in [9.17, 15) is 0 Å². The maximum Gasteiger partial charge on any atom is 0.212 e. The third kappa shape index (κ3) is 11.1. The van der Waals surface area contributed by atoms with Gasteiger partial charge in [0, 0.05) is 33.7 Å². The minimum Gasteiger partial charge on any atom is -0.456 e. The van der Waals surface area contributed by atoms with E-state index in [1.54, 1.807) is 23.5 Å². The summed E-state index contributed by atoms with van der Waals surface area (Å²) in [5, 5.41) is 1.63. The van der Waals surface area contributed by atoms with Gasteiger partial charge in [0.05, 0.1) is 9.88 Å². The molecule has 5 rings (SSSR count). The molecule has 64 heavy (non-hydrogen) atoms. The number of hydrogen-bond donors (Lipinski definition) is 0. The van der Waals surface area contributed by atoms with Crippen LogP contribution in [0, 0.1) is 13.8 Å². The van der Waals surface area contributed by atoms with Crippen molar-refractivity contribution in [1.29, 1.82) is 0 Å². The van der Waals surface area contributed by atoms with Crippen molar-refractivity contribution in [2.24, 2.45) is 0 Å². The van der Waals surface area contributed by atoms with Crippen LogP contribution < -0.4 is 21.3 Å². The zero-order chi connectivity index (χ0) is 46.3. The van der Waals surface area contributed by atoms with E-state index in [1.165, 1.54) is 0 Å². The molecule has 318 valence electrons. The first kappa shape index (κ1) is 47.9. The van der Waals surface area contributed by atoms with Crippen molar-refractivity contribution >= 4 is 97.9 Å². The molecule has 0 bridgehead atoms. The van der Waals surface area contributed by atoms with E-state index in [0.29, 0.717) is 28.8 Å². The Labute approximate surface area is 385 Å². The first-order valence-corrected chi connectivity index (χ1v) is 22.1. The van der Waals surface area contributed by atoms with Gasteiger partial charge in [0.2, 0.25) is 7.85 Å². The summed E-state index contributed by atoms with van der Waals surface area (Å²) in [6.07, 6.45) is 29.3. The smallest absolute Gasteiger partial charge is 0.212 e. The number of nitrogens with zero attached hydrogens (tertiary/aromatic N) is 6. The summed E-state index contributed by atoms with van der Waals surface area (Å²) in [5.74, 6) is 5.11. The fourth-order valence-electron chi connectivity index (χ4n) is 7.18. The van der Waals surface area contributed by atoms with E-state index in [1.807, 2.05) is 114 Å². The fourth-order valence-corrected chi connectivity index (χ4v) is 8.12. The van der Waals surface area contributed by atoms with Crippen molar-refractivity contribution in [3.63, 3.8) is 0 Å². The number of hydrogen-bond acceptors (Lipinski definition) is 7. The lowest BCUT2D eigenvalue weighted by molar-refractivity contribution is 0.561. The Kier molecular flexibility index (Phi) is 17.1. The van der Waals surface area contributed by atoms with Crippen molar-refractivity contribution in [3.05, 3.63) is 203 Å². The van der Waals surface area contributed by atoms with Crippen LogP contribution in [0.2, 0.25) is 13.6 Å². The Hall–Kier alpha value is -7.10. The topological polar surface area (TPSA) is 82.5 Å².